The molecular weight excluding hydrogens is 444 g/mol. The minimum atomic E-state index is -0.275. The largest absolute Gasteiger partial charge is 0.493 e. The molecule has 0 bridgehead atoms. The lowest BCUT2D eigenvalue weighted by molar-refractivity contribution is 0.0991. The molecule has 30 heavy (non-hydrogen) atoms. The summed E-state index contributed by atoms with van der Waals surface area (Å²) >= 11 is 3.40. The van der Waals surface area contributed by atoms with E-state index >= 15 is 0 Å². The van der Waals surface area contributed by atoms with E-state index in [-0.39, 0.29) is 11.8 Å². The summed E-state index contributed by atoms with van der Waals surface area (Å²) in [5.41, 5.74) is 2.39. The molecule has 0 aliphatic carbocycles. The standard InChI is InChI=1S/C24H23BrN2O3/c1-3-15-30-22-14-11-18(25)16-21(22)23(28)26-19-12-9-17(10-13-19)24(29)27(2)20-7-5-4-6-8-20/h4-14,16H,3,15H2,1-2H3,(H,26,28). The van der Waals surface area contributed by atoms with Crippen molar-refractivity contribution in [1.82, 2.24) is 0 Å². The molecule has 0 atom stereocenters. The Morgan fingerprint density at radius 3 is 2.37 bits per heavy atom. The monoisotopic (exact) mass is 466 g/mol. The summed E-state index contributed by atoms with van der Waals surface area (Å²) in [6, 6.07) is 21.6. The highest BCUT2D eigenvalue weighted by Crippen LogP contribution is 2.25. The third-order valence-electron chi connectivity index (χ3n) is 4.49. The number of nitrogens with one attached hydrogen (secondary N) is 1. The van der Waals surface area contributed by atoms with Gasteiger partial charge in [-0.15, -0.1) is 0 Å². The lowest BCUT2D eigenvalue weighted by atomic mass is 10.1. The van der Waals surface area contributed by atoms with Crippen molar-refractivity contribution in [2.24, 2.45) is 0 Å². The lowest BCUT2D eigenvalue weighted by Gasteiger charge is -2.17. The Labute approximate surface area is 184 Å². The quantitative estimate of drug-likeness (QED) is 0.480. The van der Waals surface area contributed by atoms with Crippen molar-refractivity contribution in [3.8, 4) is 5.75 Å². The third kappa shape index (κ3) is 5.27. The lowest BCUT2D eigenvalue weighted by Crippen LogP contribution is -2.26. The summed E-state index contributed by atoms with van der Waals surface area (Å²) in [5, 5.41) is 2.86. The van der Waals surface area contributed by atoms with Gasteiger partial charge in [-0.25, -0.2) is 0 Å². The van der Waals surface area contributed by atoms with Crippen LogP contribution in [-0.2, 0) is 0 Å². The number of para-hydroxylation sites is 1. The van der Waals surface area contributed by atoms with E-state index in [2.05, 4.69) is 21.2 Å². The molecule has 0 aromatic heterocycles. The van der Waals surface area contributed by atoms with Crippen LogP contribution in [0, 0.1) is 0 Å². The molecule has 0 radical (unpaired) electrons. The van der Waals surface area contributed by atoms with E-state index in [0.717, 1.165) is 16.6 Å². The van der Waals surface area contributed by atoms with Crippen LogP contribution in [0.3, 0.4) is 0 Å². The number of ether oxygens (including phenoxy) is 1. The van der Waals surface area contributed by atoms with Gasteiger partial charge in [-0.2, -0.15) is 0 Å². The minimum absolute atomic E-state index is 0.124. The minimum Gasteiger partial charge on any atom is -0.493 e. The number of carbonyl (C=O) groups excluding carboxylic acids is 2. The fourth-order valence-electron chi connectivity index (χ4n) is 2.87. The van der Waals surface area contributed by atoms with E-state index < -0.39 is 0 Å². The second-order valence-electron chi connectivity index (χ2n) is 6.72. The Bertz CT molecular complexity index is 1020. The molecular formula is C24H23BrN2O3. The molecule has 2 amide bonds. The third-order valence-corrected chi connectivity index (χ3v) is 4.98. The molecule has 0 fully saturated rings. The number of carbonyl (C=O) groups is 2. The predicted molar refractivity (Wildman–Crippen MR) is 123 cm³/mol. The van der Waals surface area contributed by atoms with Crippen molar-refractivity contribution < 1.29 is 14.3 Å². The van der Waals surface area contributed by atoms with Crippen molar-refractivity contribution in [2.45, 2.75) is 13.3 Å². The molecule has 0 heterocycles. The van der Waals surface area contributed by atoms with E-state index in [4.69, 9.17) is 4.74 Å². The zero-order valence-corrected chi connectivity index (χ0v) is 18.5. The van der Waals surface area contributed by atoms with E-state index in [1.807, 2.05) is 43.3 Å². The summed E-state index contributed by atoms with van der Waals surface area (Å²) in [6.07, 6.45) is 0.851. The molecule has 0 unspecified atom stereocenters. The smallest absolute Gasteiger partial charge is 0.259 e. The Hall–Kier alpha value is -3.12. The van der Waals surface area contributed by atoms with Crippen LogP contribution in [-0.4, -0.2) is 25.5 Å². The number of anilines is 2. The fourth-order valence-corrected chi connectivity index (χ4v) is 3.24. The molecule has 1 N–H and O–H groups in total. The summed E-state index contributed by atoms with van der Waals surface area (Å²) in [6.45, 7) is 2.55. The Balaban J connectivity index is 1.72. The molecule has 3 aromatic carbocycles. The van der Waals surface area contributed by atoms with Crippen LogP contribution in [0.25, 0.3) is 0 Å². The van der Waals surface area contributed by atoms with Crippen LogP contribution in [0.4, 0.5) is 11.4 Å². The highest BCUT2D eigenvalue weighted by Gasteiger charge is 2.16. The van der Waals surface area contributed by atoms with Gasteiger partial charge >= 0.3 is 0 Å². The van der Waals surface area contributed by atoms with E-state index in [1.54, 1.807) is 48.3 Å². The first-order valence-electron chi connectivity index (χ1n) is 9.66. The number of hydrogen-bond donors (Lipinski definition) is 1. The van der Waals surface area contributed by atoms with Crippen LogP contribution in [0.2, 0.25) is 0 Å². The van der Waals surface area contributed by atoms with Crippen molar-refractivity contribution in [3.05, 3.63) is 88.4 Å². The van der Waals surface area contributed by atoms with Gasteiger partial charge in [0.2, 0.25) is 0 Å². The molecule has 0 saturated heterocycles. The maximum Gasteiger partial charge on any atom is 0.259 e. The van der Waals surface area contributed by atoms with Gasteiger partial charge in [0.15, 0.2) is 0 Å². The van der Waals surface area contributed by atoms with E-state index in [9.17, 15) is 9.59 Å². The molecule has 5 nitrogen and oxygen atoms in total. The first-order valence-corrected chi connectivity index (χ1v) is 10.5. The van der Waals surface area contributed by atoms with Gasteiger partial charge < -0.3 is 15.0 Å². The predicted octanol–water partition coefficient (Wildman–Crippen LogP) is 5.77. The van der Waals surface area contributed by atoms with Gasteiger partial charge in [0.25, 0.3) is 11.8 Å². The Morgan fingerprint density at radius 2 is 1.70 bits per heavy atom. The number of hydrogen-bond acceptors (Lipinski definition) is 3. The number of halogens is 1. The van der Waals surface area contributed by atoms with Gasteiger partial charge in [-0.1, -0.05) is 41.1 Å². The zero-order chi connectivity index (χ0) is 21.5. The number of benzene rings is 3. The molecule has 154 valence electrons. The van der Waals surface area contributed by atoms with Gasteiger partial charge in [-0.3, -0.25) is 9.59 Å². The van der Waals surface area contributed by atoms with Crippen LogP contribution in [0.15, 0.2) is 77.3 Å². The first kappa shape index (κ1) is 21.6. The van der Waals surface area contributed by atoms with Crippen LogP contribution < -0.4 is 15.0 Å². The van der Waals surface area contributed by atoms with Gasteiger partial charge in [0.05, 0.1) is 12.2 Å². The SMILES string of the molecule is CCCOc1ccc(Br)cc1C(=O)Nc1ccc(C(=O)N(C)c2ccccc2)cc1. The Kier molecular flexibility index (Phi) is 7.25. The van der Waals surface area contributed by atoms with Gasteiger partial charge in [-0.05, 0) is 61.0 Å². The molecule has 3 aromatic rings. The van der Waals surface area contributed by atoms with Crippen LogP contribution >= 0.6 is 15.9 Å². The van der Waals surface area contributed by atoms with Crippen molar-refractivity contribution in [2.75, 3.05) is 23.9 Å². The van der Waals surface area contributed by atoms with Gasteiger partial charge in [0, 0.05) is 28.5 Å². The molecule has 6 heteroatoms. The zero-order valence-electron chi connectivity index (χ0n) is 16.9. The summed E-state index contributed by atoms with van der Waals surface area (Å²) in [5.74, 6) is 0.137. The highest BCUT2D eigenvalue weighted by atomic mass is 79.9. The molecule has 0 saturated carbocycles. The molecule has 0 aliphatic heterocycles. The summed E-state index contributed by atoms with van der Waals surface area (Å²) < 4.78 is 6.48. The maximum absolute atomic E-state index is 12.8. The highest BCUT2D eigenvalue weighted by molar-refractivity contribution is 9.10. The number of amides is 2. The number of nitrogens with zero attached hydrogens (tertiary/aromatic N) is 1. The van der Waals surface area contributed by atoms with Crippen LogP contribution in [0.1, 0.15) is 34.1 Å². The average molecular weight is 467 g/mol. The topological polar surface area (TPSA) is 58.6 Å². The van der Waals surface area contributed by atoms with E-state index in [0.29, 0.717) is 29.2 Å². The number of rotatable bonds is 7. The van der Waals surface area contributed by atoms with Gasteiger partial charge in [0.1, 0.15) is 5.75 Å². The summed E-state index contributed by atoms with van der Waals surface area (Å²) in [4.78, 5) is 27.1. The van der Waals surface area contributed by atoms with Crippen LogP contribution in [0.5, 0.6) is 5.75 Å². The molecule has 0 aliphatic rings. The van der Waals surface area contributed by atoms with Crippen molar-refractivity contribution >= 4 is 39.1 Å². The maximum atomic E-state index is 12.8. The van der Waals surface area contributed by atoms with Crippen molar-refractivity contribution in [3.63, 3.8) is 0 Å². The summed E-state index contributed by atoms with van der Waals surface area (Å²) in [7, 11) is 1.73. The van der Waals surface area contributed by atoms with E-state index in [1.165, 1.54) is 0 Å². The fraction of sp³-hybridized carbons (Fsp3) is 0.167. The second kappa shape index (κ2) is 10.1. The molecule has 3 rings (SSSR count). The second-order valence-corrected chi connectivity index (χ2v) is 7.64. The first-order chi connectivity index (χ1) is 14.5. The Morgan fingerprint density at radius 1 is 1.00 bits per heavy atom. The molecule has 0 spiro atoms. The van der Waals surface area contributed by atoms with Crippen molar-refractivity contribution in [1.29, 1.82) is 0 Å². The average Bonchev–Trinajstić information content (AvgIpc) is 2.78. The normalized spacial score (nSPS) is 10.4.